The highest BCUT2D eigenvalue weighted by Gasteiger charge is 2.56. The molecule has 2 aliphatic carbocycles. The Hall–Kier alpha value is -1.39. The minimum atomic E-state index is -0.538. The Bertz CT molecular complexity index is 445. The number of hydrogen-bond acceptors (Lipinski definition) is 4. The maximum absolute atomic E-state index is 11.9. The first-order chi connectivity index (χ1) is 8.76. The molecule has 0 bridgehead atoms. The molecule has 18 heavy (non-hydrogen) atoms. The van der Waals surface area contributed by atoms with Gasteiger partial charge < -0.3 is 4.74 Å². The molecule has 0 spiro atoms. The number of carbonyl (C=O) groups is 1. The van der Waals surface area contributed by atoms with Crippen molar-refractivity contribution in [2.24, 2.45) is 0 Å². The first-order valence-corrected chi connectivity index (χ1v) is 6.86. The number of nitrogens with zero attached hydrogens (tertiary/aromatic N) is 2. The van der Waals surface area contributed by atoms with E-state index in [0.29, 0.717) is 18.3 Å². The Kier molecular flexibility index (Phi) is 2.84. The Labute approximate surface area is 106 Å². The summed E-state index contributed by atoms with van der Waals surface area (Å²) in [5, 5.41) is 7.28. The molecule has 1 heterocycles. The van der Waals surface area contributed by atoms with E-state index in [1.165, 1.54) is 25.7 Å². The van der Waals surface area contributed by atoms with Crippen molar-refractivity contribution in [2.45, 2.75) is 56.8 Å². The van der Waals surface area contributed by atoms with Crippen LogP contribution in [0.5, 0.6) is 0 Å². The van der Waals surface area contributed by atoms with Gasteiger partial charge in [0.05, 0.1) is 6.61 Å². The van der Waals surface area contributed by atoms with E-state index in [1.807, 2.05) is 6.92 Å². The van der Waals surface area contributed by atoms with Crippen LogP contribution >= 0.6 is 0 Å². The van der Waals surface area contributed by atoms with Crippen molar-refractivity contribution in [1.82, 2.24) is 15.2 Å². The maximum atomic E-state index is 11.9. The lowest BCUT2D eigenvalue weighted by Crippen LogP contribution is -2.24. The van der Waals surface area contributed by atoms with Crippen LogP contribution < -0.4 is 0 Å². The van der Waals surface area contributed by atoms with Gasteiger partial charge in [-0.25, -0.2) is 4.98 Å². The zero-order valence-corrected chi connectivity index (χ0v) is 10.7. The summed E-state index contributed by atoms with van der Waals surface area (Å²) in [4.78, 5) is 16.5. The molecule has 5 heteroatoms. The van der Waals surface area contributed by atoms with Gasteiger partial charge in [-0.1, -0.05) is 12.8 Å². The number of aromatic nitrogens is 3. The van der Waals surface area contributed by atoms with Crippen LogP contribution in [-0.2, 0) is 14.9 Å². The summed E-state index contributed by atoms with van der Waals surface area (Å²) in [5.74, 6) is 1.94. The summed E-state index contributed by atoms with van der Waals surface area (Å²) in [6.07, 6.45) is 6.52. The van der Waals surface area contributed by atoms with E-state index in [9.17, 15) is 4.79 Å². The first kappa shape index (κ1) is 11.7. The van der Waals surface area contributed by atoms with Crippen molar-refractivity contribution in [3.63, 3.8) is 0 Å². The summed E-state index contributed by atoms with van der Waals surface area (Å²) in [5.41, 5.74) is -0.538. The average molecular weight is 249 g/mol. The average Bonchev–Trinajstić information content (AvgIpc) is 2.83. The molecule has 1 N–H and O–H groups in total. The molecule has 2 aliphatic rings. The van der Waals surface area contributed by atoms with E-state index in [4.69, 9.17) is 4.74 Å². The number of H-pyrrole nitrogens is 1. The van der Waals surface area contributed by atoms with E-state index in [-0.39, 0.29) is 5.97 Å². The second-order valence-electron chi connectivity index (χ2n) is 5.33. The van der Waals surface area contributed by atoms with Gasteiger partial charge in [0.2, 0.25) is 0 Å². The smallest absolute Gasteiger partial charge is 0.319 e. The van der Waals surface area contributed by atoms with Gasteiger partial charge in [0, 0.05) is 5.92 Å². The zero-order chi connectivity index (χ0) is 12.6. The fourth-order valence-electron chi connectivity index (χ4n) is 2.78. The van der Waals surface area contributed by atoms with Gasteiger partial charge in [0.25, 0.3) is 0 Å². The van der Waals surface area contributed by atoms with E-state index in [2.05, 4.69) is 15.2 Å². The summed E-state index contributed by atoms with van der Waals surface area (Å²) in [6, 6.07) is 0. The Morgan fingerprint density at radius 1 is 1.44 bits per heavy atom. The molecule has 3 rings (SSSR count). The fraction of sp³-hybridized carbons (Fsp3) is 0.769. The molecule has 1 aromatic heterocycles. The third-order valence-corrected chi connectivity index (χ3v) is 4.09. The van der Waals surface area contributed by atoms with E-state index < -0.39 is 5.41 Å². The van der Waals surface area contributed by atoms with Crippen molar-refractivity contribution in [2.75, 3.05) is 6.61 Å². The van der Waals surface area contributed by atoms with Crippen LogP contribution in [0, 0.1) is 0 Å². The molecule has 0 aliphatic heterocycles. The van der Waals surface area contributed by atoms with Gasteiger partial charge in [-0.05, 0) is 32.6 Å². The molecule has 5 nitrogen and oxygen atoms in total. The Morgan fingerprint density at radius 2 is 2.17 bits per heavy atom. The number of rotatable bonds is 4. The molecule has 2 saturated carbocycles. The molecule has 0 aromatic carbocycles. The SMILES string of the molecule is CCOC(=O)C1(c2n[nH]c(C3CCCC3)n2)CC1. The van der Waals surface area contributed by atoms with Gasteiger partial charge in [0.15, 0.2) is 5.82 Å². The molecule has 0 saturated heterocycles. The van der Waals surface area contributed by atoms with Crippen molar-refractivity contribution in [3.8, 4) is 0 Å². The Balaban J connectivity index is 1.78. The van der Waals surface area contributed by atoms with E-state index in [1.54, 1.807) is 0 Å². The van der Waals surface area contributed by atoms with Gasteiger partial charge in [0.1, 0.15) is 11.2 Å². The van der Waals surface area contributed by atoms with E-state index >= 15 is 0 Å². The van der Waals surface area contributed by atoms with Gasteiger partial charge in [-0.15, -0.1) is 0 Å². The summed E-state index contributed by atoms with van der Waals surface area (Å²) >= 11 is 0. The topological polar surface area (TPSA) is 67.9 Å². The third-order valence-electron chi connectivity index (χ3n) is 4.09. The maximum Gasteiger partial charge on any atom is 0.319 e. The number of aromatic amines is 1. The van der Waals surface area contributed by atoms with E-state index in [0.717, 1.165) is 18.7 Å². The van der Waals surface area contributed by atoms with Crippen molar-refractivity contribution in [3.05, 3.63) is 11.6 Å². The minimum Gasteiger partial charge on any atom is -0.465 e. The first-order valence-electron chi connectivity index (χ1n) is 6.86. The van der Waals surface area contributed by atoms with Crippen LogP contribution in [0.25, 0.3) is 0 Å². The lowest BCUT2D eigenvalue weighted by molar-refractivity contribution is -0.146. The normalized spacial score (nSPS) is 22.1. The quantitative estimate of drug-likeness (QED) is 0.829. The molecule has 0 unspecified atom stereocenters. The predicted octanol–water partition coefficient (Wildman–Crippen LogP) is 2.06. The molecular weight excluding hydrogens is 230 g/mol. The standard InChI is InChI=1S/C13H19N3O2/c1-2-18-12(17)13(7-8-13)11-14-10(15-16-11)9-5-3-4-6-9/h9H,2-8H2,1H3,(H,14,15,16). The van der Waals surface area contributed by atoms with Crippen LogP contribution in [0.3, 0.4) is 0 Å². The summed E-state index contributed by atoms with van der Waals surface area (Å²) in [7, 11) is 0. The van der Waals surface area contributed by atoms with Crippen LogP contribution in [0.2, 0.25) is 0 Å². The van der Waals surface area contributed by atoms with Crippen molar-refractivity contribution < 1.29 is 9.53 Å². The molecule has 0 atom stereocenters. The van der Waals surface area contributed by atoms with Gasteiger partial charge >= 0.3 is 5.97 Å². The molecule has 2 fully saturated rings. The second kappa shape index (κ2) is 4.37. The number of nitrogens with one attached hydrogen (secondary N) is 1. The molecule has 0 amide bonds. The highest BCUT2D eigenvalue weighted by Crippen LogP contribution is 2.48. The molecule has 1 aromatic rings. The van der Waals surface area contributed by atoms with Crippen LogP contribution in [0.1, 0.15) is 63.0 Å². The molecular formula is C13H19N3O2. The Morgan fingerprint density at radius 3 is 2.78 bits per heavy atom. The monoisotopic (exact) mass is 249 g/mol. The predicted molar refractivity (Wildman–Crippen MR) is 65.1 cm³/mol. The van der Waals surface area contributed by atoms with Gasteiger partial charge in [-0.2, -0.15) is 5.10 Å². The summed E-state index contributed by atoms with van der Waals surface area (Å²) in [6.45, 7) is 2.25. The highest BCUT2D eigenvalue weighted by atomic mass is 16.5. The van der Waals surface area contributed by atoms with Crippen LogP contribution in [-0.4, -0.2) is 27.8 Å². The number of hydrogen-bond donors (Lipinski definition) is 1. The summed E-state index contributed by atoms with van der Waals surface area (Å²) < 4.78 is 5.13. The largest absolute Gasteiger partial charge is 0.465 e. The lowest BCUT2D eigenvalue weighted by atomic mass is 10.1. The second-order valence-corrected chi connectivity index (χ2v) is 5.33. The molecule has 98 valence electrons. The zero-order valence-electron chi connectivity index (χ0n) is 10.7. The number of ether oxygens (including phenoxy) is 1. The fourth-order valence-corrected chi connectivity index (χ4v) is 2.78. The van der Waals surface area contributed by atoms with Crippen molar-refractivity contribution in [1.29, 1.82) is 0 Å². The van der Waals surface area contributed by atoms with Crippen LogP contribution in [0.15, 0.2) is 0 Å². The van der Waals surface area contributed by atoms with Gasteiger partial charge in [-0.3, -0.25) is 9.89 Å². The third kappa shape index (κ3) is 1.82. The molecule has 0 radical (unpaired) electrons. The lowest BCUT2D eigenvalue weighted by Gasteiger charge is -2.09. The van der Waals surface area contributed by atoms with Crippen LogP contribution in [0.4, 0.5) is 0 Å². The minimum absolute atomic E-state index is 0.165. The number of esters is 1. The highest BCUT2D eigenvalue weighted by molar-refractivity contribution is 5.85. The number of carbonyl (C=O) groups excluding carboxylic acids is 1. The van der Waals surface area contributed by atoms with Crippen molar-refractivity contribution >= 4 is 5.97 Å².